The molecule has 98 valence electrons. The lowest BCUT2D eigenvalue weighted by Gasteiger charge is -2.09. The van der Waals surface area contributed by atoms with Crippen molar-refractivity contribution in [2.45, 2.75) is 19.4 Å². The van der Waals surface area contributed by atoms with Gasteiger partial charge in [0.2, 0.25) is 0 Å². The summed E-state index contributed by atoms with van der Waals surface area (Å²) in [6, 6.07) is 5.34. The van der Waals surface area contributed by atoms with E-state index in [-0.39, 0.29) is 18.9 Å². The molecule has 1 atom stereocenters. The average Bonchev–Trinajstić information content (AvgIpc) is 2.31. The van der Waals surface area contributed by atoms with Crippen molar-refractivity contribution in [3.63, 3.8) is 0 Å². The Morgan fingerprint density at radius 3 is 2.72 bits per heavy atom. The number of carbonyl (C=O) groups excluding carboxylic acids is 1. The van der Waals surface area contributed by atoms with Crippen molar-refractivity contribution < 1.29 is 19.8 Å². The first-order valence-electron chi connectivity index (χ1n) is 5.37. The molecule has 1 aromatic rings. The second kappa shape index (κ2) is 6.51. The third kappa shape index (κ3) is 4.12. The van der Waals surface area contributed by atoms with Crippen LogP contribution >= 0.6 is 15.9 Å². The minimum atomic E-state index is -1.45. The summed E-state index contributed by atoms with van der Waals surface area (Å²) in [5.74, 6) is -1.57. The number of aliphatic hydroxyl groups excluding tert-OH is 1. The third-order valence-electron chi connectivity index (χ3n) is 2.43. The summed E-state index contributed by atoms with van der Waals surface area (Å²) in [5.41, 5.74) is 1.35. The summed E-state index contributed by atoms with van der Waals surface area (Å²) < 4.78 is 0.795. The molecule has 0 aliphatic rings. The van der Waals surface area contributed by atoms with Crippen LogP contribution in [0.15, 0.2) is 22.7 Å². The van der Waals surface area contributed by atoms with Gasteiger partial charge in [0.25, 0.3) is 5.91 Å². The van der Waals surface area contributed by atoms with E-state index in [4.69, 9.17) is 10.2 Å². The molecule has 0 saturated carbocycles. The monoisotopic (exact) mass is 315 g/mol. The van der Waals surface area contributed by atoms with Crippen molar-refractivity contribution in [1.82, 2.24) is 5.32 Å². The molecule has 5 nitrogen and oxygen atoms in total. The fourth-order valence-electron chi connectivity index (χ4n) is 1.38. The summed E-state index contributed by atoms with van der Waals surface area (Å²) in [7, 11) is 0. The zero-order chi connectivity index (χ0) is 13.7. The summed E-state index contributed by atoms with van der Waals surface area (Å²) in [5, 5.41) is 20.1. The second-order valence-corrected chi connectivity index (χ2v) is 4.77. The van der Waals surface area contributed by atoms with Crippen LogP contribution in [0.4, 0.5) is 0 Å². The van der Waals surface area contributed by atoms with Gasteiger partial charge in [-0.05, 0) is 24.6 Å². The number of aryl methyl sites for hydroxylation is 1. The van der Waals surface area contributed by atoms with Gasteiger partial charge in [-0.3, -0.25) is 4.79 Å². The number of carbonyl (C=O) groups is 2. The van der Waals surface area contributed by atoms with Crippen LogP contribution in [0, 0.1) is 6.92 Å². The summed E-state index contributed by atoms with van der Waals surface area (Å²) in [6.07, 6.45) is -1.47. The lowest BCUT2D eigenvalue weighted by Crippen LogP contribution is -2.30. The van der Waals surface area contributed by atoms with E-state index >= 15 is 0 Å². The average molecular weight is 316 g/mol. The van der Waals surface area contributed by atoms with Gasteiger partial charge in [-0.2, -0.15) is 0 Å². The molecule has 6 heteroatoms. The third-order valence-corrected chi connectivity index (χ3v) is 2.93. The van der Waals surface area contributed by atoms with E-state index in [9.17, 15) is 9.59 Å². The van der Waals surface area contributed by atoms with Crippen molar-refractivity contribution in [1.29, 1.82) is 0 Å². The smallest absolute Gasteiger partial charge is 0.332 e. The quantitative estimate of drug-likeness (QED) is 0.765. The number of benzene rings is 1. The van der Waals surface area contributed by atoms with E-state index in [2.05, 4.69) is 21.2 Å². The standard InChI is InChI=1S/C12H14BrNO4/c1-7-2-3-8(13)6-9(7)11(16)14-5-4-10(15)12(17)18/h2-3,6,10,15H,4-5H2,1H3,(H,14,16)(H,17,18)/t10-/m0/s1. The molecule has 3 N–H and O–H groups in total. The lowest BCUT2D eigenvalue weighted by atomic mass is 10.1. The Balaban J connectivity index is 2.55. The molecule has 0 aliphatic carbocycles. The summed E-state index contributed by atoms with van der Waals surface area (Å²) in [4.78, 5) is 22.2. The van der Waals surface area contributed by atoms with Gasteiger partial charge in [0.1, 0.15) is 0 Å². The number of halogens is 1. The maximum absolute atomic E-state index is 11.8. The van der Waals surface area contributed by atoms with E-state index in [1.54, 1.807) is 6.07 Å². The fraction of sp³-hybridized carbons (Fsp3) is 0.333. The van der Waals surface area contributed by atoms with E-state index in [1.807, 2.05) is 19.1 Å². The Kier molecular flexibility index (Phi) is 5.30. The fourth-order valence-corrected chi connectivity index (χ4v) is 1.74. The Morgan fingerprint density at radius 1 is 1.44 bits per heavy atom. The Hall–Kier alpha value is -1.40. The van der Waals surface area contributed by atoms with Crippen LogP contribution in [0.2, 0.25) is 0 Å². The maximum atomic E-state index is 11.8. The molecular formula is C12H14BrNO4. The molecule has 0 radical (unpaired) electrons. The van der Waals surface area contributed by atoms with Crippen molar-refractivity contribution in [3.8, 4) is 0 Å². The van der Waals surface area contributed by atoms with Gasteiger partial charge in [0.05, 0.1) is 0 Å². The van der Waals surface area contributed by atoms with Crippen molar-refractivity contribution in [2.75, 3.05) is 6.54 Å². The van der Waals surface area contributed by atoms with Crippen molar-refractivity contribution in [3.05, 3.63) is 33.8 Å². The first-order chi connectivity index (χ1) is 8.41. The van der Waals surface area contributed by atoms with Crippen molar-refractivity contribution >= 4 is 27.8 Å². The zero-order valence-electron chi connectivity index (χ0n) is 9.81. The number of aliphatic carboxylic acids is 1. The van der Waals surface area contributed by atoms with E-state index in [1.165, 1.54) is 0 Å². The van der Waals surface area contributed by atoms with Gasteiger partial charge >= 0.3 is 5.97 Å². The van der Waals surface area contributed by atoms with Gasteiger partial charge in [-0.25, -0.2) is 4.79 Å². The molecular weight excluding hydrogens is 302 g/mol. The van der Waals surface area contributed by atoms with Crippen LogP contribution in [0.5, 0.6) is 0 Å². The number of aliphatic hydroxyl groups is 1. The highest BCUT2D eigenvalue weighted by molar-refractivity contribution is 9.10. The van der Waals surface area contributed by atoms with Crippen LogP contribution in [0.3, 0.4) is 0 Å². The zero-order valence-corrected chi connectivity index (χ0v) is 11.4. The molecule has 1 rings (SSSR count). The summed E-state index contributed by atoms with van der Waals surface area (Å²) >= 11 is 3.28. The Morgan fingerprint density at radius 2 is 2.11 bits per heavy atom. The van der Waals surface area contributed by atoms with Gasteiger partial charge < -0.3 is 15.5 Å². The Labute approximate surface area is 113 Å². The molecule has 0 fully saturated rings. The van der Waals surface area contributed by atoms with E-state index in [0.29, 0.717) is 5.56 Å². The second-order valence-electron chi connectivity index (χ2n) is 3.86. The number of amides is 1. The molecule has 0 unspecified atom stereocenters. The van der Waals surface area contributed by atoms with E-state index < -0.39 is 12.1 Å². The summed E-state index contributed by atoms with van der Waals surface area (Å²) in [6.45, 7) is 1.92. The van der Waals surface area contributed by atoms with Crippen LogP contribution in [0.1, 0.15) is 22.3 Å². The van der Waals surface area contributed by atoms with Gasteiger partial charge in [-0.15, -0.1) is 0 Å². The molecule has 0 aromatic heterocycles. The highest BCUT2D eigenvalue weighted by Gasteiger charge is 2.14. The minimum Gasteiger partial charge on any atom is -0.479 e. The largest absolute Gasteiger partial charge is 0.479 e. The van der Waals surface area contributed by atoms with Crippen LogP contribution in [0.25, 0.3) is 0 Å². The highest BCUT2D eigenvalue weighted by Crippen LogP contribution is 2.15. The SMILES string of the molecule is Cc1ccc(Br)cc1C(=O)NCC[C@H](O)C(=O)O. The number of nitrogens with one attached hydrogen (secondary N) is 1. The normalized spacial score (nSPS) is 11.9. The van der Waals surface area contributed by atoms with Crippen LogP contribution in [-0.4, -0.2) is 34.7 Å². The molecule has 0 spiro atoms. The molecule has 0 bridgehead atoms. The predicted octanol–water partition coefficient (Wildman–Crippen LogP) is 1.32. The minimum absolute atomic E-state index is 0.0197. The first kappa shape index (κ1) is 14.7. The molecule has 1 amide bonds. The van der Waals surface area contributed by atoms with E-state index in [0.717, 1.165) is 10.0 Å². The molecule has 1 aromatic carbocycles. The number of hydrogen-bond acceptors (Lipinski definition) is 3. The van der Waals surface area contributed by atoms with Gasteiger partial charge in [0.15, 0.2) is 6.10 Å². The molecule has 0 heterocycles. The number of carboxylic acid groups (broad SMARTS) is 1. The van der Waals surface area contributed by atoms with Crippen molar-refractivity contribution in [2.24, 2.45) is 0 Å². The lowest BCUT2D eigenvalue weighted by molar-refractivity contribution is -0.146. The topological polar surface area (TPSA) is 86.6 Å². The van der Waals surface area contributed by atoms with Crippen LogP contribution < -0.4 is 5.32 Å². The highest BCUT2D eigenvalue weighted by atomic mass is 79.9. The van der Waals surface area contributed by atoms with Gasteiger partial charge in [-0.1, -0.05) is 22.0 Å². The number of hydrogen-bond donors (Lipinski definition) is 3. The first-order valence-corrected chi connectivity index (χ1v) is 6.16. The van der Waals surface area contributed by atoms with Gasteiger partial charge in [0, 0.05) is 23.0 Å². The predicted molar refractivity (Wildman–Crippen MR) is 69.5 cm³/mol. The maximum Gasteiger partial charge on any atom is 0.332 e. The number of carboxylic acids is 1. The van der Waals surface area contributed by atoms with Crippen LogP contribution in [-0.2, 0) is 4.79 Å². The molecule has 18 heavy (non-hydrogen) atoms. The number of rotatable bonds is 5. The molecule has 0 aliphatic heterocycles. The Bertz CT molecular complexity index is 461. The molecule has 0 saturated heterocycles.